The summed E-state index contributed by atoms with van der Waals surface area (Å²) in [5.74, 6) is -0.708. The maximum absolute atomic E-state index is 12.9. The van der Waals surface area contributed by atoms with Crippen molar-refractivity contribution in [1.82, 2.24) is 15.2 Å². The lowest BCUT2D eigenvalue weighted by atomic mass is 10.0. The molecule has 0 aliphatic carbocycles. The Hall–Kier alpha value is -2.95. The summed E-state index contributed by atoms with van der Waals surface area (Å²) in [7, 11) is 3.05. The number of piperidine rings is 1. The van der Waals surface area contributed by atoms with E-state index in [1.165, 1.54) is 25.3 Å². The van der Waals surface area contributed by atoms with Gasteiger partial charge in [0.05, 0.1) is 24.3 Å². The van der Waals surface area contributed by atoms with Crippen LogP contribution in [0.4, 0.5) is 10.2 Å². The monoisotopic (exact) mass is 536 g/mol. The van der Waals surface area contributed by atoms with Crippen molar-refractivity contribution in [1.29, 1.82) is 0 Å². The lowest BCUT2D eigenvalue weighted by molar-refractivity contribution is -0.145. The van der Waals surface area contributed by atoms with Gasteiger partial charge in [0.25, 0.3) is 5.91 Å². The molecule has 37 heavy (non-hydrogen) atoms. The topological polar surface area (TPSA) is 116 Å². The molecule has 0 saturated carbocycles. The zero-order chi connectivity index (χ0) is 26.8. The van der Waals surface area contributed by atoms with Crippen LogP contribution in [0.15, 0.2) is 30.3 Å². The standard InChI is InChI=1S/C26H34ClFN4O5/c1-35-22-15-32(12-5-3-4-6-23(33)37-16-17-7-9-18(28)10-8-17)13-11-21(22)30-25(34)19-14-20(27)24(29)31-26(19)36-2/h7-10,14,21-22H,3-6,11-13,15-16H2,1-2H3,(H2,29,31)(H,30,34)/t21-,22+/m1/s1. The van der Waals surface area contributed by atoms with Gasteiger partial charge < -0.3 is 30.2 Å². The number of nitrogen functional groups attached to an aromatic ring is 1. The van der Waals surface area contributed by atoms with Crippen molar-refractivity contribution in [2.24, 2.45) is 0 Å². The molecule has 2 aromatic rings. The van der Waals surface area contributed by atoms with Crippen molar-refractivity contribution in [3.05, 3.63) is 52.3 Å². The second kappa shape index (κ2) is 14.1. The highest BCUT2D eigenvalue weighted by atomic mass is 35.5. The van der Waals surface area contributed by atoms with Gasteiger partial charge in [0.2, 0.25) is 5.88 Å². The van der Waals surface area contributed by atoms with Gasteiger partial charge in [0, 0.05) is 26.6 Å². The highest BCUT2D eigenvalue weighted by Gasteiger charge is 2.31. The van der Waals surface area contributed by atoms with E-state index in [9.17, 15) is 14.0 Å². The average molecular weight is 537 g/mol. The Bertz CT molecular complexity index is 1060. The van der Waals surface area contributed by atoms with E-state index in [1.807, 2.05) is 0 Å². The minimum Gasteiger partial charge on any atom is -0.480 e. The molecule has 1 aliphatic rings. The van der Waals surface area contributed by atoms with Gasteiger partial charge in [0.15, 0.2) is 0 Å². The quantitative estimate of drug-likeness (QED) is 0.312. The molecule has 1 aliphatic heterocycles. The molecule has 1 amide bonds. The third-order valence-corrected chi connectivity index (χ3v) is 6.64. The maximum atomic E-state index is 12.9. The van der Waals surface area contributed by atoms with Crippen LogP contribution in [0, 0.1) is 5.82 Å². The Morgan fingerprint density at radius 2 is 1.97 bits per heavy atom. The van der Waals surface area contributed by atoms with E-state index in [-0.39, 0.29) is 58.7 Å². The molecular formula is C26H34ClFN4O5. The number of ether oxygens (including phenoxy) is 3. The molecule has 1 fully saturated rings. The second-order valence-electron chi connectivity index (χ2n) is 8.95. The number of likely N-dealkylation sites (tertiary alicyclic amines) is 1. The van der Waals surface area contributed by atoms with Gasteiger partial charge in [-0.15, -0.1) is 0 Å². The summed E-state index contributed by atoms with van der Waals surface area (Å²) < 4.78 is 29.0. The van der Waals surface area contributed by atoms with Crippen LogP contribution in [0.3, 0.4) is 0 Å². The molecule has 0 bridgehead atoms. The van der Waals surface area contributed by atoms with E-state index >= 15 is 0 Å². The van der Waals surface area contributed by atoms with E-state index in [0.717, 1.165) is 44.3 Å². The Balaban J connectivity index is 1.36. The van der Waals surface area contributed by atoms with Gasteiger partial charge in [-0.2, -0.15) is 4.98 Å². The van der Waals surface area contributed by atoms with Crippen molar-refractivity contribution in [2.75, 3.05) is 39.6 Å². The van der Waals surface area contributed by atoms with Crippen molar-refractivity contribution in [3.63, 3.8) is 0 Å². The van der Waals surface area contributed by atoms with Crippen LogP contribution >= 0.6 is 11.6 Å². The summed E-state index contributed by atoms with van der Waals surface area (Å²) in [5.41, 5.74) is 6.69. The van der Waals surface area contributed by atoms with Gasteiger partial charge in [0.1, 0.15) is 23.8 Å². The summed E-state index contributed by atoms with van der Waals surface area (Å²) in [6, 6.07) is 7.17. The minimum atomic E-state index is -0.349. The van der Waals surface area contributed by atoms with Crippen LogP contribution in [0.25, 0.3) is 0 Å². The number of hydrogen-bond acceptors (Lipinski definition) is 8. The fraction of sp³-hybridized carbons (Fsp3) is 0.500. The SMILES string of the molecule is COc1nc(N)c(Cl)cc1C(=O)N[C@@H]1CCN(CCCCCC(=O)OCc2ccc(F)cc2)C[C@@H]1OC. The number of aromatic nitrogens is 1. The van der Waals surface area contributed by atoms with E-state index < -0.39 is 0 Å². The number of halogens is 2. The van der Waals surface area contributed by atoms with Gasteiger partial charge in [-0.05, 0) is 49.6 Å². The fourth-order valence-electron chi connectivity index (χ4n) is 4.24. The van der Waals surface area contributed by atoms with Crippen LogP contribution < -0.4 is 15.8 Å². The molecule has 1 saturated heterocycles. The van der Waals surface area contributed by atoms with Gasteiger partial charge in [-0.25, -0.2) is 4.39 Å². The van der Waals surface area contributed by atoms with Crippen LogP contribution in [-0.2, 0) is 20.9 Å². The minimum absolute atomic E-state index is 0.0973. The van der Waals surface area contributed by atoms with Gasteiger partial charge >= 0.3 is 5.97 Å². The van der Waals surface area contributed by atoms with E-state index in [2.05, 4.69) is 15.2 Å². The molecular weight excluding hydrogens is 503 g/mol. The summed E-state index contributed by atoms with van der Waals surface area (Å²) >= 11 is 6.05. The molecule has 1 aromatic carbocycles. The predicted octanol–water partition coefficient (Wildman–Crippen LogP) is 3.59. The molecule has 2 atom stereocenters. The first-order valence-electron chi connectivity index (χ1n) is 12.3. The lowest BCUT2D eigenvalue weighted by Gasteiger charge is -2.38. The third kappa shape index (κ3) is 8.55. The summed E-state index contributed by atoms with van der Waals surface area (Å²) in [6.07, 6.45) is 3.46. The highest BCUT2D eigenvalue weighted by molar-refractivity contribution is 6.33. The number of carbonyl (C=O) groups is 2. The predicted molar refractivity (Wildman–Crippen MR) is 138 cm³/mol. The first kappa shape index (κ1) is 28.6. The Morgan fingerprint density at radius 1 is 1.22 bits per heavy atom. The molecule has 11 heteroatoms. The van der Waals surface area contributed by atoms with E-state index in [4.69, 9.17) is 31.5 Å². The lowest BCUT2D eigenvalue weighted by Crippen LogP contribution is -2.54. The number of carbonyl (C=O) groups excluding carboxylic acids is 2. The molecule has 0 spiro atoms. The van der Waals surface area contributed by atoms with Crippen LogP contribution in [0.2, 0.25) is 5.02 Å². The number of nitrogens with one attached hydrogen (secondary N) is 1. The van der Waals surface area contributed by atoms with Crippen LogP contribution in [0.1, 0.15) is 48.0 Å². The Labute approximate surface area is 221 Å². The number of methoxy groups -OCH3 is 2. The molecule has 0 radical (unpaired) electrons. The zero-order valence-electron chi connectivity index (χ0n) is 21.2. The van der Waals surface area contributed by atoms with Crippen LogP contribution in [0.5, 0.6) is 5.88 Å². The molecule has 2 heterocycles. The molecule has 202 valence electrons. The molecule has 0 unspecified atom stereocenters. The van der Waals surface area contributed by atoms with Crippen molar-refractivity contribution >= 4 is 29.3 Å². The largest absolute Gasteiger partial charge is 0.480 e. The number of nitrogens with zero attached hydrogens (tertiary/aromatic N) is 2. The number of benzene rings is 1. The number of esters is 1. The second-order valence-corrected chi connectivity index (χ2v) is 9.36. The number of rotatable bonds is 12. The van der Waals surface area contributed by atoms with E-state index in [0.29, 0.717) is 13.0 Å². The fourth-order valence-corrected chi connectivity index (χ4v) is 4.39. The number of nitrogens with two attached hydrogens (primary N) is 1. The number of anilines is 1. The molecule has 1 aromatic heterocycles. The number of pyridine rings is 1. The first-order chi connectivity index (χ1) is 17.8. The summed E-state index contributed by atoms with van der Waals surface area (Å²) in [5, 5.41) is 3.20. The normalized spacial score (nSPS) is 17.8. The van der Waals surface area contributed by atoms with Gasteiger partial charge in [-0.3, -0.25) is 9.59 Å². The highest BCUT2D eigenvalue weighted by Crippen LogP contribution is 2.25. The average Bonchev–Trinajstić information content (AvgIpc) is 2.90. The first-order valence-corrected chi connectivity index (χ1v) is 12.6. The number of amides is 1. The van der Waals surface area contributed by atoms with Gasteiger partial charge in [-0.1, -0.05) is 30.2 Å². The smallest absolute Gasteiger partial charge is 0.306 e. The zero-order valence-corrected chi connectivity index (χ0v) is 21.9. The van der Waals surface area contributed by atoms with E-state index in [1.54, 1.807) is 19.2 Å². The summed E-state index contributed by atoms with van der Waals surface area (Å²) in [4.78, 5) is 31.2. The number of unbranched alkanes of at least 4 members (excludes halogenated alkanes) is 2. The maximum Gasteiger partial charge on any atom is 0.306 e. The summed E-state index contributed by atoms with van der Waals surface area (Å²) in [6.45, 7) is 2.51. The Morgan fingerprint density at radius 3 is 2.68 bits per heavy atom. The van der Waals surface area contributed by atoms with Crippen molar-refractivity contribution < 1.29 is 28.2 Å². The molecule has 9 nitrogen and oxygen atoms in total. The van der Waals surface area contributed by atoms with Crippen molar-refractivity contribution in [2.45, 2.75) is 50.9 Å². The number of hydrogen-bond donors (Lipinski definition) is 2. The molecule has 3 rings (SSSR count). The van der Waals surface area contributed by atoms with Crippen LogP contribution in [-0.4, -0.2) is 67.8 Å². The molecule has 3 N–H and O–H groups in total. The third-order valence-electron chi connectivity index (χ3n) is 6.34. The Kier molecular flexibility index (Phi) is 10.9. The van der Waals surface area contributed by atoms with Crippen molar-refractivity contribution in [3.8, 4) is 5.88 Å².